The zero-order chi connectivity index (χ0) is 25.9. The molecular weight excluding hydrogens is 507 g/mol. The number of amides is 1. The van der Waals surface area contributed by atoms with Crippen LogP contribution in [0.5, 0.6) is 5.75 Å². The highest BCUT2D eigenvalue weighted by atomic mass is 35.5. The molecule has 2 fully saturated rings. The molecule has 4 rings (SSSR count). The van der Waals surface area contributed by atoms with E-state index < -0.39 is 77.1 Å². The predicted octanol–water partition coefficient (Wildman–Crippen LogP) is 0.459. The molecular formula is C20H17ClF3NO10. The van der Waals surface area contributed by atoms with Crippen LogP contribution in [0.15, 0.2) is 12.1 Å². The van der Waals surface area contributed by atoms with Crippen LogP contribution in [0.3, 0.4) is 0 Å². The number of rotatable bonds is 3. The molecule has 1 saturated heterocycles. The number of fused-ring (bicyclic) bond motifs is 1. The quantitative estimate of drug-likeness (QED) is 0.305. The Morgan fingerprint density at radius 3 is 2.40 bits per heavy atom. The molecule has 2 heterocycles. The van der Waals surface area contributed by atoms with Crippen molar-refractivity contribution >= 4 is 29.4 Å². The SMILES string of the molecule is O=C1Nc2c(O[C@@H]3O[C@H](C(=O)O)[C@@H](O)[C@H](O)[C@H]3O)cc(Cl)cc2C(C#CC2(O)CC2)(C(F)(F)F)O1. The minimum atomic E-state index is -5.32. The Kier molecular flexibility index (Phi) is 6.07. The van der Waals surface area contributed by atoms with Gasteiger partial charge in [0.2, 0.25) is 6.29 Å². The normalized spacial score (nSPS) is 33.4. The molecule has 6 N–H and O–H groups in total. The van der Waals surface area contributed by atoms with Crippen LogP contribution in [-0.4, -0.2) is 80.1 Å². The number of hydrogen-bond donors (Lipinski definition) is 6. The number of aliphatic carboxylic acids is 1. The number of benzene rings is 1. The lowest BCUT2D eigenvalue weighted by Crippen LogP contribution is -2.61. The van der Waals surface area contributed by atoms with E-state index in [9.17, 15) is 43.2 Å². The van der Waals surface area contributed by atoms with Crippen molar-refractivity contribution in [1.29, 1.82) is 0 Å². The summed E-state index contributed by atoms with van der Waals surface area (Å²) in [5, 5.41) is 50.7. The molecule has 0 radical (unpaired) electrons. The second-order valence-corrected chi connectivity index (χ2v) is 8.59. The molecule has 2 aliphatic heterocycles. The van der Waals surface area contributed by atoms with Crippen LogP contribution in [0, 0.1) is 11.8 Å². The summed E-state index contributed by atoms with van der Waals surface area (Å²) in [6.07, 6.45) is -16.9. The van der Waals surface area contributed by atoms with Gasteiger partial charge in [0.25, 0.3) is 5.60 Å². The molecule has 6 atom stereocenters. The maximum Gasteiger partial charge on any atom is 0.445 e. The van der Waals surface area contributed by atoms with E-state index in [-0.39, 0.29) is 17.9 Å². The smallest absolute Gasteiger partial charge is 0.445 e. The Hall–Kier alpha value is -2.80. The summed E-state index contributed by atoms with van der Waals surface area (Å²) in [5.74, 6) is 1.54. The van der Waals surface area contributed by atoms with Crippen LogP contribution in [0.2, 0.25) is 5.02 Å². The maximum absolute atomic E-state index is 14.3. The molecule has 11 nitrogen and oxygen atoms in total. The molecule has 0 bridgehead atoms. The molecule has 3 aliphatic rings. The molecule has 15 heteroatoms. The molecule has 1 aromatic rings. The number of hydrogen-bond acceptors (Lipinski definition) is 9. The van der Waals surface area contributed by atoms with Crippen molar-refractivity contribution < 1.29 is 62.5 Å². The number of halogens is 4. The molecule has 1 aliphatic carbocycles. The van der Waals surface area contributed by atoms with Crippen LogP contribution in [0.4, 0.5) is 23.7 Å². The van der Waals surface area contributed by atoms with Gasteiger partial charge in [-0.15, -0.1) is 0 Å². The lowest BCUT2D eigenvalue weighted by atomic mass is 9.89. The van der Waals surface area contributed by atoms with Gasteiger partial charge in [0, 0.05) is 16.7 Å². The van der Waals surface area contributed by atoms with Gasteiger partial charge in [-0.25, -0.2) is 9.59 Å². The molecule has 1 aromatic carbocycles. The van der Waals surface area contributed by atoms with Crippen LogP contribution in [0.25, 0.3) is 0 Å². The number of aliphatic hydroxyl groups is 4. The van der Waals surface area contributed by atoms with E-state index in [0.29, 0.717) is 0 Å². The third kappa shape index (κ3) is 4.46. The van der Waals surface area contributed by atoms with Crippen LogP contribution >= 0.6 is 11.6 Å². The maximum atomic E-state index is 14.3. The number of carbonyl (C=O) groups excluding carboxylic acids is 1. The van der Waals surface area contributed by atoms with E-state index >= 15 is 0 Å². The van der Waals surface area contributed by atoms with Crippen molar-refractivity contribution in [2.75, 3.05) is 5.32 Å². The van der Waals surface area contributed by atoms with Gasteiger partial charge in [0.05, 0.1) is 5.69 Å². The Morgan fingerprint density at radius 2 is 1.83 bits per heavy atom. The Labute approximate surface area is 199 Å². The standard InChI is InChI=1S/C20H17ClF3NO10/c21-7-5-8-10(9(6-7)33-16-13(28)11(26)12(27)14(34-16)15(29)30)25-17(31)35-19(8,20(22,23)24)4-3-18(32)1-2-18/h5-6,11-14,16,26-28,32H,1-2H2,(H,25,31)(H,29,30)/t11-,12-,13+,14-,16+,19?/m0/s1. The van der Waals surface area contributed by atoms with Gasteiger partial charge in [-0.1, -0.05) is 17.5 Å². The highest BCUT2D eigenvalue weighted by Gasteiger charge is 2.63. The number of carbonyl (C=O) groups is 2. The van der Waals surface area contributed by atoms with Gasteiger partial charge in [-0.2, -0.15) is 13.2 Å². The second-order valence-electron chi connectivity index (χ2n) is 8.15. The predicted molar refractivity (Wildman–Crippen MR) is 106 cm³/mol. The van der Waals surface area contributed by atoms with E-state index in [4.69, 9.17) is 26.2 Å². The fourth-order valence-corrected chi connectivity index (χ4v) is 3.71. The molecule has 1 saturated carbocycles. The number of carboxylic acid groups (broad SMARTS) is 1. The van der Waals surface area contributed by atoms with Crippen molar-refractivity contribution in [3.63, 3.8) is 0 Å². The van der Waals surface area contributed by atoms with E-state index in [1.165, 1.54) is 0 Å². The fourth-order valence-electron chi connectivity index (χ4n) is 3.50. The van der Waals surface area contributed by atoms with Gasteiger partial charge in [-0.05, 0) is 24.8 Å². The van der Waals surface area contributed by atoms with Crippen molar-refractivity contribution in [2.45, 2.75) is 60.9 Å². The van der Waals surface area contributed by atoms with Crippen molar-refractivity contribution in [3.05, 3.63) is 22.7 Å². The number of aliphatic hydroxyl groups excluding tert-OH is 3. The van der Waals surface area contributed by atoms with E-state index in [1.54, 1.807) is 0 Å². The zero-order valence-electron chi connectivity index (χ0n) is 17.2. The van der Waals surface area contributed by atoms with Crippen molar-refractivity contribution in [1.82, 2.24) is 0 Å². The molecule has 0 spiro atoms. The average molecular weight is 524 g/mol. The Balaban J connectivity index is 1.81. The number of anilines is 1. The van der Waals surface area contributed by atoms with Crippen LogP contribution < -0.4 is 10.1 Å². The monoisotopic (exact) mass is 523 g/mol. The van der Waals surface area contributed by atoms with Crippen LogP contribution in [0.1, 0.15) is 18.4 Å². The summed E-state index contributed by atoms with van der Waals surface area (Å²) < 4.78 is 57.8. The third-order valence-electron chi connectivity index (χ3n) is 5.57. The Bertz CT molecular complexity index is 1130. The van der Waals surface area contributed by atoms with Gasteiger partial charge in [-0.3, -0.25) is 5.32 Å². The highest BCUT2D eigenvalue weighted by molar-refractivity contribution is 6.31. The minimum Gasteiger partial charge on any atom is -0.479 e. The number of ether oxygens (including phenoxy) is 3. The molecule has 35 heavy (non-hydrogen) atoms. The minimum absolute atomic E-state index is 0.118. The topological polar surface area (TPSA) is 175 Å². The molecule has 190 valence electrons. The first-order chi connectivity index (χ1) is 16.2. The molecule has 1 unspecified atom stereocenters. The third-order valence-corrected chi connectivity index (χ3v) is 5.79. The zero-order valence-corrected chi connectivity index (χ0v) is 18.0. The number of alkyl halides is 3. The largest absolute Gasteiger partial charge is 0.479 e. The first-order valence-electron chi connectivity index (χ1n) is 9.94. The summed E-state index contributed by atoms with van der Waals surface area (Å²) in [6, 6.07) is 1.72. The van der Waals surface area contributed by atoms with Crippen molar-refractivity contribution in [2.24, 2.45) is 0 Å². The summed E-state index contributed by atoms with van der Waals surface area (Å²) in [7, 11) is 0. The van der Waals surface area contributed by atoms with Gasteiger partial charge in [0.1, 0.15) is 29.7 Å². The number of carboxylic acids is 1. The first-order valence-corrected chi connectivity index (χ1v) is 10.3. The fraction of sp³-hybridized carbons (Fsp3) is 0.500. The summed E-state index contributed by atoms with van der Waals surface area (Å²) in [6.45, 7) is 0. The first kappa shape index (κ1) is 25.3. The van der Waals surface area contributed by atoms with Gasteiger partial charge in [0.15, 0.2) is 6.10 Å². The van der Waals surface area contributed by atoms with E-state index in [2.05, 4.69) is 10.7 Å². The second kappa shape index (κ2) is 8.40. The van der Waals surface area contributed by atoms with Crippen molar-refractivity contribution in [3.8, 4) is 17.6 Å². The average Bonchev–Trinajstić information content (AvgIpc) is 3.49. The van der Waals surface area contributed by atoms with Crippen LogP contribution in [-0.2, 0) is 19.9 Å². The Morgan fingerprint density at radius 1 is 1.17 bits per heavy atom. The number of cyclic esters (lactones) is 1. The van der Waals surface area contributed by atoms with E-state index in [1.807, 2.05) is 11.2 Å². The van der Waals surface area contributed by atoms with E-state index in [0.717, 1.165) is 12.1 Å². The number of nitrogens with one attached hydrogen (secondary N) is 1. The summed E-state index contributed by atoms with van der Waals surface area (Å²) >= 11 is 5.98. The lowest BCUT2D eigenvalue weighted by molar-refractivity contribution is -0.271. The van der Waals surface area contributed by atoms with Gasteiger partial charge >= 0.3 is 18.2 Å². The summed E-state index contributed by atoms with van der Waals surface area (Å²) in [4.78, 5) is 23.5. The van der Waals surface area contributed by atoms with Gasteiger partial charge < -0.3 is 39.7 Å². The molecule has 1 amide bonds. The summed E-state index contributed by atoms with van der Waals surface area (Å²) in [5.41, 5.74) is -6.72. The molecule has 0 aromatic heterocycles. The highest BCUT2D eigenvalue weighted by Crippen LogP contribution is 2.51. The lowest BCUT2D eigenvalue weighted by Gasteiger charge is -2.40.